The average molecular weight is 1350 g/mol. The Morgan fingerprint density at radius 2 is 0.449 bits per heavy atom. The van der Waals surface area contributed by atoms with E-state index in [2.05, 4.69) is 296 Å². The number of phosphoric acid groups is 1. The predicted molar refractivity (Wildman–Crippen MR) is 426 cm³/mol. The van der Waals surface area contributed by atoms with Gasteiger partial charge in [0.15, 0.2) is 16.8 Å². The average Bonchev–Trinajstić information content (AvgIpc) is 0.712. The highest BCUT2D eigenvalue weighted by molar-refractivity contribution is 7.48. The molecule has 0 aliphatic heterocycles. The van der Waals surface area contributed by atoms with E-state index in [1.54, 1.807) is 0 Å². The number of hydrogen-bond acceptors (Lipinski definition) is 4. The SMILES string of the molecule is C=C(CCCCCC)C(OP(=O)(OC(C(=C)CCCCCC)(c1ccc(C(C)(C)C)cc1C)c1ccc(C(C)(C)C)cc1C)OC(C(=C)CCCCCC)(c1ccc(C(C)(C)C)cc1C)c1ccc(C(C)(C)C)cc1C)(c1ccc(C(C)(C)C)cc1C)c1ccc(C(C)(C)C)cc1C. The minimum Gasteiger partial charge on any atom is -0.266 e. The molecule has 0 heterocycles. The van der Waals surface area contributed by atoms with Crippen LogP contribution in [0.4, 0.5) is 0 Å². The van der Waals surface area contributed by atoms with Gasteiger partial charge in [0.2, 0.25) is 0 Å². The van der Waals surface area contributed by atoms with Gasteiger partial charge in [0.25, 0.3) is 0 Å². The second-order valence-electron chi connectivity index (χ2n) is 35.7. The maximum atomic E-state index is 20.0. The van der Waals surface area contributed by atoms with Gasteiger partial charge in [-0.2, -0.15) is 0 Å². The van der Waals surface area contributed by atoms with E-state index in [4.69, 9.17) is 33.3 Å². The Balaban J connectivity index is 2.06. The first-order valence-corrected chi connectivity index (χ1v) is 39.2. The molecule has 0 aliphatic rings. The topological polar surface area (TPSA) is 44.8 Å². The minimum absolute atomic E-state index is 0.189. The molecule has 0 amide bonds. The molecule has 0 saturated heterocycles. The van der Waals surface area contributed by atoms with Crippen molar-refractivity contribution in [3.8, 4) is 0 Å². The first-order chi connectivity index (χ1) is 45.3. The van der Waals surface area contributed by atoms with Gasteiger partial charge in [0, 0.05) is 0 Å². The monoisotopic (exact) mass is 1350 g/mol. The van der Waals surface area contributed by atoms with Gasteiger partial charge >= 0.3 is 7.82 Å². The summed E-state index contributed by atoms with van der Waals surface area (Å²) in [6.07, 6.45) is 13.6. The lowest BCUT2D eigenvalue weighted by molar-refractivity contribution is -0.0182. The van der Waals surface area contributed by atoms with Crippen molar-refractivity contribution in [1.29, 1.82) is 0 Å². The minimum atomic E-state index is -5.44. The van der Waals surface area contributed by atoms with Crippen molar-refractivity contribution in [3.63, 3.8) is 0 Å². The Kier molecular flexibility index (Phi) is 26.6. The second-order valence-corrected chi connectivity index (χ2v) is 37.1. The molecule has 0 bridgehead atoms. The van der Waals surface area contributed by atoms with Crippen molar-refractivity contribution in [1.82, 2.24) is 0 Å². The summed E-state index contributed by atoms with van der Waals surface area (Å²) in [7, 11) is -5.44. The third-order valence-corrected chi connectivity index (χ3v) is 22.6. The van der Waals surface area contributed by atoms with Crippen molar-refractivity contribution < 1.29 is 18.1 Å². The summed E-state index contributed by atoms with van der Waals surface area (Å²) in [5, 5.41) is 0. The van der Waals surface area contributed by atoms with Crippen molar-refractivity contribution in [2.75, 3.05) is 0 Å². The van der Waals surface area contributed by atoms with Crippen LogP contribution in [0.25, 0.3) is 0 Å². The van der Waals surface area contributed by atoms with Crippen LogP contribution in [0.15, 0.2) is 146 Å². The van der Waals surface area contributed by atoms with E-state index in [-0.39, 0.29) is 32.5 Å². The van der Waals surface area contributed by atoms with Crippen LogP contribution in [0.2, 0.25) is 0 Å². The second kappa shape index (κ2) is 31.9. The molecule has 4 nitrogen and oxygen atoms in total. The molecule has 98 heavy (non-hydrogen) atoms. The van der Waals surface area contributed by atoms with E-state index in [1.807, 2.05) is 0 Å². The van der Waals surface area contributed by atoms with Crippen LogP contribution < -0.4 is 0 Å². The highest BCUT2D eigenvalue weighted by atomic mass is 31.2. The molecule has 6 aromatic rings. The summed E-state index contributed by atoms with van der Waals surface area (Å²) in [5.41, 5.74) is 14.2. The van der Waals surface area contributed by atoms with Gasteiger partial charge in [-0.25, -0.2) is 4.57 Å². The molecular formula is C93H135O4P. The number of unbranched alkanes of at least 4 members (excludes halogenated alkanes) is 9. The largest absolute Gasteiger partial charge is 0.479 e. The van der Waals surface area contributed by atoms with Gasteiger partial charge in [0.05, 0.1) is 0 Å². The Bertz CT molecular complexity index is 3220. The van der Waals surface area contributed by atoms with Gasteiger partial charge in [-0.1, -0.05) is 332 Å². The van der Waals surface area contributed by atoms with Crippen LogP contribution in [0, 0.1) is 41.5 Å². The van der Waals surface area contributed by atoms with Crippen LogP contribution in [-0.4, -0.2) is 0 Å². The number of hydrogen-bond donors (Lipinski definition) is 0. The highest BCUT2D eigenvalue weighted by Gasteiger charge is 2.58. The number of aryl methyl sites for hydroxylation is 6. The molecule has 0 radical (unpaired) electrons. The summed E-state index contributed by atoms with van der Waals surface area (Å²) in [6.45, 7) is 76.7. The van der Waals surface area contributed by atoms with Gasteiger partial charge in [-0.05, 0) is 229 Å². The Morgan fingerprint density at radius 1 is 0.286 bits per heavy atom. The van der Waals surface area contributed by atoms with Crippen molar-refractivity contribution in [2.24, 2.45) is 0 Å². The normalized spacial score (nSPS) is 13.3. The third-order valence-electron chi connectivity index (χ3n) is 21.1. The fourth-order valence-corrected chi connectivity index (χ4v) is 16.7. The van der Waals surface area contributed by atoms with Gasteiger partial charge in [-0.15, -0.1) is 0 Å². The molecule has 0 aliphatic carbocycles. The third kappa shape index (κ3) is 18.5. The number of phosphoric ester groups is 1. The molecule has 0 spiro atoms. The van der Waals surface area contributed by atoms with Crippen molar-refractivity contribution in [3.05, 3.63) is 246 Å². The molecule has 6 rings (SSSR count). The summed E-state index contributed by atoms with van der Waals surface area (Å²) in [6, 6.07) is 40.8. The molecule has 0 saturated carbocycles. The molecule has 0 fully saturated rings. The van der Waals surface area contributed by atoms with E-state index >= 15 is 4.57 Å². The zero-order chi connectivity index (χ0) is 73.6. The Labute approximate surface area is 600 Å². The fraction of sp³-hybridized carbons (Fsp3) is 0.548. The summed E-state index contributed by atoms with van der Waals surface area (Å²) in [4.78, 5) is 0. The van der Waals surface area contributed by atoms with Gasteiger partial charge < -0.3 is 0 Å². The van der Waals surface area contributed by atoms with E-state index in [9.17, 15) is 0 Å². The first-order valence-electron chi connectivity index (χ1n) is 37.8. The highest BCUT2D eigenvalue weighted by Crippen LogP contribution is 2.70. The van der Waals surface area contributed by atoms with Gasteiger partial charge in [-0.3, -0.25) is 13.6 Å². The Hall–Kier alpha value is -5.35. The molecule has 6 aromatic carbocycles. The molecule has 0 aromatic heterocycles. The summed E-state index contributed by atoms with van der Waals surface area (Å²) in [5.74, 6) is 0. The summed E-state index contributed by atoms with van der Waals surface area (Å²) >= 11 is 0. The molecule has 536 valence electrons. The summed E-state index contributed by atoms with van der Waals surface area (Å²) < 4.78 is 46.1. The lowest BCUT2D eigenvalue weighted by atomic mass is 9.73. The molecular weight excluding hydrogens is 1210 g/mol. The zero-order valence-corrected chi connectivity index (χ0v) is 68.1. The van der Waals surface area contributed by atoms with Crippen LogP contribution in [0.3, 0.4) is 0 Å². The molecule has 0 unspecified atom stereocenters. The smallest absolute Gasteiger partial charge is 0.266 e. The lowest BCUT2D eigenvalue weighted by Gasteiger charge is -2.48. The van der Waals surface area contributed by atoms with E-state index in [0.29, 0.717) is 19.3 Å². The van der Waals surface area contributed by atoms with E-state index in [1.165, 1.54) is 33.4 Å². The van der Waals surface area contributed by atoms with Crippen LogP contribution in [-0.2, 0) is 67.4 Å². The first kappa shape index (κ1) is 81.6. The van der Waals surface area contributed by atoms with Gasteiger partial charge in [0.1, 0.15) is 0 Å². The maximum Gasteiger partial charge on any atom is 0.479 e. The standard InChI is InChI=1S/C93H135O4P/c1-31-34-37-40-43-70(10)91(79-52-46-73(58-64(79)4)85(13,14)15,80-53-47-74(59-65(80)5)86(16,17)18)95-98(94,96-92(71(11)44-41-38-35-32-2,81-54-48-75(60-66(81)6)87(19,20)21)82-55-49-76(61-67(82)7)88(22,23)24)97-93(72(12)45-42-39-36-33-3,83-56-50-77(62-68(83)8)89(25,26)27)84-57-51-78(63-69(84)9)90(28,29)30/h46-63H,10-12,31-45H2,1-9,13-30H3. The quantitative estimate of drug-likeness (QED) is 0.0256. The van der Waals surface area contributed by atoms with Crippen molar-refractivity contribution in [2.45, 2.75) is 333 Å². The Morgan fingerprint density at radius 3 is 0.582 bits per heavy atom. The maximum absolute atomic E-state index is 20.0. The molecule has 5 heteroatoms. The zero-order valence-electron chi connectivity index (χ0n) is 67.2. The molecule has 0 atom stereocenters. The van der Waals surface area contributed by atoms with Crippen LogP contribution in [0.5, 0.6) is 0 Å². The van der Waals surface area contributed by atoms with Crippen molar-refractivity contribution >= 4 is 7.82 Å². The number of benzene rings is 6. The number of rotatable bonds is 30. The molecule has 0 N–H and O–H groups in total. The fourth-order valence-electron chi connectivity index (χ4n) is 14.6. The van der Waals surface area contributed by atoms with E-state index in [0.717, 1.165) is 161 Å². The van der Waals surface area contributed by atoms with E-state index < -0.39 is 24.6 Å². The van der Waals surface area contributed by atoms with Crippen LogP contribution in [0.1, 0.15) is 342 Å². The van der Waals surface area contributed by atoms with Crippen LogP contribution >= 0.6 is 7.82 Å². The lowest BCUT2D eigenvalue weighted by Crippen LogP contribution is -2.42. The predicted octanol–water partition coefficient (Wildman–Crippen LogP) is 28.2.